The third-order valence-electron chi connectivity index (χ3n) is 4.18. The van der Waals surface area contributed by atoms with E-state index in [2.05, 4.69) is 51.1 Å². The predicted molar refractivity (Wildman–Crippen MR) is 96.1 cm³/mol. The van der Waals surface area contributed by atoms with Crippen LogP contribution in [0.15, 0.2) is 48.5 Å². The Hall–Kier alpha value is -2.35. The van der Waals surface area contributed by atoms with Gasteiger partial charge in [-0.2, -0.15) is 0 Å². The molecule has 2 heteroatoms. The molecule has 0 aliphatic heterocycles. The molecule has 0 N–H and O–H groups in total. The zero-order chi connectivity index (χ0) is 16.6. The molecule has 0 fully saturated rings. The lowest BCUT2D eigenvalue weighted by molar-refractivity contribution is -0.133. The van der Waals surface area contributed by atoms with E-state index in [0.717, 1.165) is 21.5 Å². The number of fused-ring (bicyclic) bond motifs is 2. The van der Waals surface area contributed by atoms with E-state index in [0.29, 0.717) is 12.2 Å². The Morgan fingerprint density at radius 2 is 1.65 bits per heavy atom. The number of esters is 1. The highest BCUT2D eigenvalue weighted by Crippen LogP contribution is 2.37. The maximum atomic E-state index is 11.9. The molecule has 0 atom stereocenters. The molecule has 0 aliphatic rings. The molecule has 0 radical (unpaired) electrons. The van der Waals surface area contributed by atoms with Crippen LogP contribution in [0.2, 0.25) is 0 Å². The van der Waals surface area contributed by atoms with Gasteiger partial charge < -0.3 is 4.74 Å². The normalized spacial score (nSPS) is 11.8. The molecule has 0 amide bonds. The molecule has 0 saturated heterocycles. The van der Waals surface area contributed by atoms with Crippen LogP contribution in [-0.2, 0) is 10.2 Å². The number of hydrogen-bond acceptors (Lipinski definition) is 2. The largest absolute Gasteiger partial charge is 0.425 e. The average Bonchev–Trinajstić information content (AvgIpc) is 2.53. The van der Waals surface area contributed by atoms with Crippen molar-refractivity contribution in [3.63, 3.8) is 0 Å². The van der Waals surface area contributed by atoms with E-state index < -0.39 is 0 Å². The van der Waals surface area contributed by atoms with Crippen molar-refractivity contribution < 1.29 is 9.53 Å². The molecule has 0 aliphatic carbocycles. The van der Waals surface area contributed by atoms with Gasteiger partial charge in [0, 0.05) is 17.2 Å². The van der Waals surface area contributed by atoms with Crippen LogP contribution >= 0.6 is 0 Å². The monoisotopic (exact) mass is 306 g/mol. The fraction of sp³-hybridized carbons (Fsp3) is 0.286. The van der Waals surface area contributed by atoms with Gasteiger partial charge in [0.25, 0.3) is 0 Å². The second kappa shape index (κ2) is 5.69. The van der Waals surface area contributed by atoms with E-state index in [1.165, 1.54) is 5.56 Å². The highest BCUT2D eigenvalue weighted by Gasteiger charge is 2.17. The van der Waals surface area contributed by atoms with E-state index in [-0.39, 0.29) is 11.4 Å². The summed E-state index contributed by atoms with van der Waals surface area (Å²) in [4.78, 5) is 11.9. The third kappa shape index (κ3) is 2.94. The maximum Gasteiger partial charge on any atom is 0.310 e. The van der Waals surface area contributed by atoms with E-state index in [1.54, 1.807) is 0 Å². The smallest absolute Gasteiger partial charge is 0.310 e. The Labute approximate surface area is 137 Å². The Bertz CT molecular complexity index is 885. The van der Waals surface area contributed by atoms with Crippen LogP contribution in [0.5, 0.6) is 5.75 Å². The molecule has 3 aromatic carbocycles. The highest BCUT2D eigenvalue weighted by atomic mass is 16.5. The summed E-state index contributed by atoms with van der Waals surface area (Å²) >= 11 is 0. The van der Waals surface area contributed by atoms with E-state index >= 15 is 0 Å². The van der Waals surface area contributed by atoms with Crippen molar-refractivity contribution in [2.45, 2.75) is 39.5 Å². The van der Waals surface area contributed by atoms with Crippen molar-refractivity contribution in [3.05, 3.63) is 54.1 Å². The molecule has 0 spiro atoms. The number of rotatable bonds is 2. The number of ether oxygens (including phenoxy) is 1. The fourth-order valence-corrected chi connectivity index (χ4v) is 2.78. The van der Waals surface area contributed by atoms with E-state index in [9.17, 15) is 4.79 Å². The predicted octanol–water partition coefficient (Wildman–Crippen LogP) is 5.61. The van der Waals surface area contributed by atoms with Crippen molar-refractivity contribution in [2.75, 3.05) is 0 Å². The molecule has 0 aromatic heterocycles. The molecule has 2 nitrogen and oxygen atoms in total. The first kappa shape index (κ1) is 15.5. The number of carbonyl (C=O) groups is 1. The first-order chi connectivity index (χ1) is 10.9. The summed E-state index contributed by atoms with van der Waals surface area (Å²) in [6, 6.07) is 16.6. The number of carbonyl (C=O) groups excluding carboxylic acids is 1. The van der Waals surface area contributed by atoms with Crippen LogP contribution < -0.4 is 4.74 Å². The first-order valence-corrected chi connectivity index (χ1v) is 8.07. The second-order valence-electron chi connectivity index (χ2n) is 6.94. The van der Waals surface area contributed by atoms with Crippen LogP contribution in [0, 0.1) is 0 Å². The van der Waals surface area contributed by atoms with Gasteiger partial charge in [0.15, 0.2) is 0 Å². The number of hydrogen-bond donors (Lipinski definition) is 0. The quantitative estimate of drug-likeness (QED) is 0.349. The first-order valence-electron chi connectivity index (χ1n) is 8.07. The van der Waals surface area contributed by atoms with E-state index in [4.69, 9.17) is 4.74 Å². The van der Waals surface area contributed by atoms with Gasteiger partial charge in [-0.25, -0.2) is 0 Å². The molecule has 0 bridgehead atoms. The Morgan fingerprint density at radius 1 is 0.957 bits per heavy atom. The van der Waals surface area contributed by atoms with Gasteiger partial charge >= 0.3 is 5.97 Å². The molecular weight excluding hydrogens is 284 g/mol. The van der Waals surface area contributed by atoms with Gasteiger partial charge in [0.2, 0.25) is 0 Å². The van der Waals surface area contributed by atoms with Gasteiger partial charge in [-0.3, -0.25) is 4.79 Å². The summed E-state index contributed by atoms with van der Waals surface area (Å²) in [7, 11) is 0. The molecule has 0 saturated carbocycles. The van der Waals surface area contributed by atoms with Crippen LogP contribution in [0.4, 0.5) is 0 Å². The maximum absolute atomic E-state index is 11.9. The summed E-state index contributed by atoms with van der Waals surface area (Å²) in [5.74, 6) is 0.472. The second-order valence-corrected chi connectivity index (χ2v) is 6.94. The average molecular weight is 306 g/mol. The van der Waals surface area contributed by atoms with Crippen LogP contribution in [0.25, 0.3) is 21.5 Å². The minimum absolute atomic E-state index is 0.0475. The third-order valence-corrected chi connectivity index (χ3v) is 4.18. The Kier molecular flexibility index (Phi) is 3.85. The summed E-state index contributed by atoms with van der Waals surface area (Å²) in [5.41, 5.74) is 1.28. The van der Waals surface area contributed by atoms with Gasteiger partial charge in [0.1, 0.15) is 5.75 Å². The van der Waals surface area contributed by atoms with Crippen molar-refractivity contribution in [3.8, 4) is 5.75 Å². The lowest BCUT2D eigenvalue weighted by Gasteiger charge is -2.20. The molecule has 0 heterocycles. The van der Waals surface area contributed by atoms with E-state index in [1.807, 2.05) is 25.1 Å². The van der Waals surface area contributed by atoms with Crippen molar-refractivity contribution >= 4 is 27.5 Å². The minimum atomic E-state index is -0.205. The van der Waals surface area contributed by atoms with Gasteiger partial charge in [-0.1, -0.05) is 64.1 Å². The molecular formula is C21H22O2. The molecule has 3 aromatic rings. The van der Waals surface area contributed by atoms with Gasteiger partial charge in [-0.05, 0) is 33.9 Å². The minimum Gasteiger partial charge on any atom is -0.425 e. The van der Waals surface area contributed by atoms with Crippen molar-refractivity contribution in [1.29, 1.82) is 0 Å². The summed E-state index contributed by atoms with van der Waals surface area (Å²) in [6.07, 6.45) is 0.365. The zero-order valence-corrected chi connectivity index (χ0v) is 14.1. The summed E-state index contributed by atoms with van der Waals surface area (Å²) in [6.45, 7) is 8.38. The molecule has 23 heavy (non-hydrogen) atoms. The zero-order valence-electron chi connectivity index (χ0n) is 14.1. The van der Waals surface area contributed by atoms with Crippen molar-refractivity contribution in [1.82, 2.24) is 0 Å². The SMILES string of the molecule is CCC(=O)Oc1c2ccccc2cc2ccc(C(C)(C)C)cc12. The fourth-order valence-electron chi connectivity index (χ4n) is 2.78. The highest BCUT2D eigenvalue weighted by molar-refractivity contribution is 6.06. The number of benzene rings is 3. The van der Waals surface area contributed by atoms with Crippen LogP contribution in [-0.4, -0.2) is 5.97 Å². The Balaban J connectivity index is 2.35. The summed E-state index contributed by atoms with van der Waals surface area (Å²) < 4.78 is 5.72. The lowest BCUT2D eigenvalue weighted by Crippen LogP contribution is -2.11. The molecule has 118 valence electrons. The van der Waals surface area contributed by atoms with Gasteiger partial charge in [-0.15, -0.1) is 0 Å². The van der Waals surface area contributed by atoms with Crippen molar-refractivity contribution in [2.24, 2.45) is 0 Å². The van der Waals surface area contributed by atoms with Crippen LogP contribution in [0.3, 0.4) is 0 Å². The molecule has 3 rings (SSSR count). The standard InChI is InChI=1S/C21H22O2/c1-5-19(22)23-20-17-9-7-6-8-14(17)12-15-10-11-16(13-18(15)20)21(2,3)4/h6-13H,5H2,1-4H3. The summed E-state index contributed by atoms with van der Waals surface area (Å²) in [5, 5.41) is 4.16. The molecule has 0 unspecified atom stereocenters. The van der Waals surface area contributed by atoms with Gasteiger partial charge in [0.05, 0.1) is 0 Å². The topological polar surface area (TPSA) is 26.3 Å². The lowest BCUT2D eigenvalue weighted by atomic mass is 9.85. The Morgan fingerprint density at radius 3 is 2.35 bits per heavy atom. The van der Waals surface area contributed by atoms with Crippen LogP contribution in [0.1, 0.15) is 39.7 Å².